The molecule has 10 heteroatoms. The Morgan fingerprint density at radius 2 is 1.96 bits per heavy atom. The Bertz CT molecular complexity index is 892. The number of hydrogen-bond acceptors (Lipinski definition) is 5. The van der Waals surface area contributed by atoms with E-state index >= 15 is 0 Å². The zero-order chi connectivity index (χ0) is 18.2. The van der Waals surface area contributed by atoms with E-state index in [2.05, 4.69) is 9.97 Å². The van der Waals surface area contributed by atoms with Crippen LogP contribution in [0.5, 0.6) is 5.75 Å². The summed E-state index contributed by atoms with van der Waals surface area (Å²) in [5.41, 5.74) is 7.00. The van der Waals surface area contributed by atoms with E-state index in [1.165, 1.54) is 6.07 Å². The summed E-state index contributed by atoms with van der Waals surface area (Å²) in [7, 11) is 1.59. The Morgan fingerprint density at radius 3 is 2.48 bits per heavy atom. The minimum Gasteiger partial charge on any atom is -0.491 e. The second-order valence-electron chi connectivity index (χ2n) is 5.03. The molecule has 27 heavy (non-hydrogen) atoms. The average Bonchev–Trinajstić information content (AvgIpc) is 3.02. The minimum absolute atomic E-state index is 0. The fourth-order valence-corrected chi connectivity index (χ4v) is 2.21. The summed E-state index contributed by atoms with van der Waals surface area (Å²) in [4.78, 5) is 16.5. The summed E-state index contributed by atoms with van der Waals surface area (Å²) < 4.78 is 11.1. The van der Waals surface area contributed by atoms with Gasteiger partial charge in [-0.1, -0.05) is 18.3 Å². The Hall–Kier alpha value is -2.92. The highest BCUT2D eigenvalue weighted by molar-refractivity contribution is 7.71. The topological polar surface area (TPSA) is 176 Å². The van der Waals surface area contributed by atoms with Gasteiger partial charge in [-0.2, -0.15) is 0 Å². The van der Waals surface area contributed by atoms with Gasteiger partial charge in [0.1, 0.15) is 22.7 Å². The molecule has 9 nitrogen and oxygen atoms in total. The first-order valence-corrected chi connectivity index (χ1v) is 7.83. The summed E-state index contributed by atoms with van der Waals surface area (Å²) in [6, 6.07) is 10.6. The van der Waals surface area contributed by atoms with Gasteiger partial charge in [0.25, 0.3) is 0 Å². The number of aromatic carboxylic acids is 1. The van der Waals surface area contributed by atoms with Gasteiger partial charge in [-0.05, 0) is 24.3 Å². The number of H-pyrrole nitrogens is 2. The minimum atomic E-state index is -1.02. The van der Waals surface area contributed by atoms with Crippen LogP contribution in [0.2, 0.25) is 0 Å². The summed E-state index contributed by atoms with van der Waals surface area (Å²) in [5, 5.41) is 9.61. The SMILES string of the molecule is COCCOc1cc(N)c2[nH]c(C(=O)O)cc2c1.O.O.S=c1cccc[nH]1. The van der Waals surface area contributed by atoms with Crippen molar-refractivity contribution < 1.29 is 30.3 Å². The molecular weight excluding hydrogens is 374 g/mol. The quantitative estimate of drug-likeness (QED) is 0.288. The third-order valence-corrected chi connectivity index (χ3v) is 3.45. The highest BCUT2D eigenvalue weighted by Gasteiger charge is 2.10. The molecule has 0 aliphatic rings. The van der Waals surface area contributed by atoms with Crippen molar-refractivity contribution in [3.8, 4) is 5.75 Å². The van der Waals surface area contributed by atoms with Crippen molar-refractivity contribution in [1.82, 2.24) is 9.97 Å². The van der Waals surface area contributed by atoms with Crippen LogP contribution in [0.1, 0.15) is 10.5 Å². The van der Waals surface area contributed by atoms with E-state index in [1.54, 1.807) is 19.2 Å². The largest absolute Gasteiger partial charge is 0.491 e. The normalized spacial score (nSPS) is 9.37. The fourth-order valence-electron chi connectivity index (χ4n) is 2.06. The van der Waals surface area contributed by atoms with Crippen LogP contribution in [0, 0.1) is 4.64 Å². The number of nitrogen functional groups attached to an aromatic ring is 1. The van der Waals surface area contributed by atoms with E-state index in [0.717, 1.165) is 4.64 Å². The molecule has 0 bridgehead atoms. The van der Waals surface area contributed by atoms with Gasteiger partial charge in [0, 0.05) is 24.8 Å². The number of nitrogens with two attached hydrogens (primary N) is 1. The number of benzene rings is 1. The van der Waals surface area contributed by atoms with Gasteiger partial charge in [0.15, 0.2) is 0 Å². The predicted octanol–water partition coefficient (Wildman–Crippen LogP) is 1.57. The zero-order valence-electron chi connectivity index (χ0n) is 14.6. The van der Waals surface area contributed by atoms with Crippen LogP contribution < -0.4 is 10.5 Å². The maximum Gasteiger partial charge on any atom is 0.352 e. The molecule has 0 fully saturated rings. The standard InChI is InChI=1S/C12H14N2O4.C5H5NS.2H2O/c1-17-2-3-18-8-4-7-5-10(12(15)16)14-11(7)9(13)6-8;7-5-3-1-2-4-6-5;;/h4-6,14H,2-3,13H2,1H3,(H,15,16);1-4H,(H,6,7);2*1H2. The lowest BCUT2D eigenvalue weighted by molar-refractivity contribution is 0.0691. The van der Waals surface area contributed by atoms with Gasteiger partial charge in [-0.25, -0.2) is 4.79 Å². The molecule has 0 saturated heterocycles. The number of nitrogens with one attached hydrogen (secondary N) is 2. The van der Waals surface area contributed by atoms with Crippen LogP contribution in [0.25, 0.3) is 10.9 Å². The molecular formula is C17H23N3O6S. The highest BCUT2D eigenvalue weighted by atomic mass is 32.1. The van der Waals surface area contributed by atoms with Crippen molar-refractivity contribution in [2.45, 2.75) is 0 Å². The Balaban J connectivity index is 0.000000640. The number of aromatic amines is 2. The number of fused-ring (bicyclic) bond motifs is 1. The number of carbonyl (C=O) groups is 1. The van der Waals surface area contributed by atoms with E-state index in [0.29, 0.717) is 35.6 Å². The number of aromatic nitrogens is 2. The predicted molar refractivity (Wildman–Crippen MR) is 106 cm³/mol. The molecule has 0 spiro atoms. The molecule has 3 rings (SSSR count). The van der Waals surface area contributed by atoms with Crippen molar-refractivity contribution in [1.29, 1.82) is 0 Å². The Labute approximate surface area is 160 Å². The van der Waals surface area contributed by atoms with E-state index in [-0.39, 0.29) is 16.6 Å². The van der Waals surface area contributed by atoms with Crippen molar-refractivity contribution in [3.63, 3.8) is 0 Å². The second-order valence-corrected chi connectivity index (χ2v) is 5.47. The smallest absolute Gasteiger partial charge is 0.352 e. The van der Waals surface area contributed by atoms with Crippen LogP contribution in [0.4, 0.5) is 5.69 Å². The van der Waals surface area contributed by atoms with Gasteiger partial charge in [0.2, 0.25) is 0 Å². The summed E-state index contributed by atoms with van der Waals surface area (Å²) >= 11 is 4.76. The van der Waals surface area contributed by atoms with Gasteiger partial charge in [0.05, 0.1) is 17.8 Å². The first-order chi connectivity index (χ1) is 12.0. The lowest BCUT2D eigenvalue weighted by atomic mass is 10.2. The summed E-state index contributed by atoms with van der Waals surface area (Å²) in [6.07, 6.45) is 1.81. The van der Waals surface area contributed by atoms with Crippen LogP contribution in [-0.4, -0.2) is 52.3 Å². The molecule has 0 aliphatic carbocycles. The number of anilines is 1. The molecule has 3 aromatic rings. The molecule has 0 radical (unpaired) electrons. The number of ether oxygens (including phenoxy) is 2. The van der Waals surface area contributed by atoms with Crippen molar-refractivity contribution in [2.75, 3.05) is 26.1 Å². The maximum absolute atomic E-state index is 10.9. The van der Waals surface area contributed by atoms with Crippen molar-refractivity contribution >= 4 is 34.8 Å². The lowest BCUT2D eigenvalue weighted by Crippen LogP contribution is -2.04. The zero-order valence-corrected chi connectivity index (χ0v) is 15.4. The number of rotatable bonds is 5. The van der Waals surface area contributed by atoms with Crippen molar-refractivity contribution in [2.24, 2.45) is 0 Å². The van der Waals surface area contributed by atoms with Crippen molar-refractivity contribution in [3.05, 3.63) is 52.9 Å². The van der Waals surface area contributed by atoms with E-state index in [9.17, 15) is 4.79 Å². The molecule has 2 heterocycles. The monoisotopic (exact) mass is 397 g/mol. The fraction of sp³-hybridized carbons (Fsp3) is 0.176. The molecule has 0 aliphatic heterocycles. The maximum atomic E-state index is 10.9. The number of pyridine rings is 1. The van der Waals surface area contributed by atoms with Gasteiger partial charge < -0.3 is 41.2 Å². The molecule has 0 atom stereocenters. The average molecular weight is 397 g/mol. The van der Waals surface area contributed by atoms with Gasteiger partial charge >= 0.3 is 5.97 Å². The molecule has 148 valence electrons. The first-order valence-electron chi connectivity index (χ1n) is 7.42. The molecule has 0 amide bonds. The van der Waals surface area contributed by atoms with Crippen LogP contribution >= 0.6 is 12.2 Å². The number of hydrogen-bond donors (Lipinski definition) is 4. The Morgan fingerprint density at radius 1 is 1.22 bits per heavy atom. The molecule has 1 aromatic carbocycles. The van der Waals surface area contributed by atoms with Crippen LogP contribution in [0.3, 0.4) is 0 Å². The van der Waals surface area contributed by atoms with E-state index < -0.39 is 5.97 Å². The Kier molecular flexibility index (Phi) is 10.4. The summed E-state index contributed by atoms with van der Waals surface area (Å²) in [6.45, 7) is 0.892. The lowest BCUT2D eigenvalue weighted by Gasteiger charge is -2.06. The van der Waals surface area contributed by atoms with Gasteiger partial charge in [-0.15, -0.1) is 0 Å². The molecule has 0 saturated carbocycles. The third-order valence-electron chi connectivity index (χ3n) is 3.20. The molecule has 0 unspecified atom stereocenters. The highest BCUT2D eigenvalue weighted by Crippen LogP contribution is 2.27. The summed E-state index contributed by atoms with van der Waals surface area (Å²) in [5.74, 6) is -0.430. The van der Waals surface area contributed by atoms with E-state index in [4.69, 9.17) is 32.5 Å². The number of carboxylic acids is 1. The molecule has 9 N–H and O–H groups in total. The van der Waals surface area contributed by atoms with Crippen LogP contribution in [0.15, 0.2) is 42.6 Å². The van der Waals surface area contributed by atoms with Crippen LogP contribution in [-0.2, 0) is 4.74 Å². The second kappa shape index (κ2) is 11.6. The third kappa shape index (κ3) is 7.07. The van der Waals surface area contributed by atoms with E-state index in [1.807, 2.05) is 24.4 Å². The number of carboxylic acid groups (broad SMARTS) is 1. The van der Waals surface area contributed by atoms with Gasteiger partial charge in [-0.3, -0.25) is 0 Å². The molecule has 2 aromatic heterocycles. The first kappa shape index (κ1) is 24.1. The number of methoxy groups -OCH3 is 1.